The summed E-state index contributed by atoms with van der Waals surface area (Å²) >= 11 is 17.8. The Balaban J connectivity index is 0.000000263. The molecule has 0 saturated carbocycles. The second kappa shape index (κ2) is 18.6. The predicted octanol–water partition coefficient (Wildman–Crippen LogP) is 7.44. The van der Waals surface area contributed by atoms with Crippen LogP contribution in [0.5, 0.6) is 0 Å². The van der Waals surface area contributed by atoms with Gasteiger partial charge in [0.1, 0.15) is 11.2 Å². The number of carbonyl (C=O) groups excluding carboxylic acids is 2. The van der Waals surface area contributed by atoms with Crippen molar-refractivity contribution in [3.05, 3.63) is 85.5 Å². The average molecular weight is 774 g/mol. The SMILES string of the molecule is CC(C)(C)OC(=O)NCc1ccc(-c2cnccc2Cl)s1.CC(C)(C)OC(=O)NCc1ccc(B(O)O)s1.Clc1ccncc1Br. The van der Waals surface area contributed by atoms with Gasteiger partial charge in [0, 0.05) is 49.8 Å². The maximum Gasteiger partial charge on any atom is 0.499 e. The van der Waals surface area contributed by atoms with Crippen molar-refractivity contribution in [1.82, 2.24) is 20.6 Å². The average Bonchev–Trinajstić information content (AvgIpc) is 3.62. The third-order valence-corrected chi connectivity index (χ3v) is 8.73. The lowest BCUT2D eigenvalue weighted by Crippen LogP contribution is -2.32. The second-order valence-corrected chi connectivity index (χ2v) is 15.3. The van der Waals surface area contributed by atoms with Gasteiger partial charge in [-0.05, 0) is 87.8 Å². The van der Waals surface area contributed by atoms with E-state index >= 15 is 0 Å². The zero-order chi connectivity index (χ0) is 34.5. The monoisotopic (exact) mass is 772 g/mol. The van der Waals surface area contributed by atoms with Crippen LogP contribution in [0, 0.1) is 0 Å². The normalized spacial score (nSPS) is 10.8. The minimum Gasteiger partial charge on any atom is -0.444 e. The van der Waals surface area contributed by atoms with Gasteiger partial charge in [-0.1, -0.05) is 29.3 Å². The van der Waals surface area contributed by atoms with Gasteiger partial charge in [-0.3, -0.25) is 9.97 Å². The van der Waals surface area contributed by atoms with Gasteiger partial charge in [0.15, 0.2) is 0 Å². The number of halogens is 3. The fraction of sp³-hybridized carbons (Fsp3) is 0.333. The molecule has 4 aromatic rings. The molecule has 0 aromatic carbocycles. The van der Waals surface area contributed by atoms with Crippen LogP contribution in [-0.2, 0) is 22.6 Å². The van der Waals surface area contributed by atoms with Gasteiger partial charge in [-0.15, -0.1) is 22.7 Å². The van der Waals surface area contributed by atoms with E-state index in [4.69, 9.17) is 42.7 Å². The number of hydrogen-bond acceptors (Lipinski definition) is 10. The van der Waals surface area contributed by atoms with Gasteiger partial charge in [-0.25, -0.2) is 9.59 Å². The van der Waals surface area contributed by atoms with E-state index in [2.05, 4.69) is 36.5 Å². The van der Waals surface area contributed by atoms with Crippen LogP contribution in [-0.4, -0.2) is 50.5 Å². The van der Waals surface area contributed by atoms with Crippen molar-refractivity contribution in [3.8, 4) is 10.4 Å². The molecule has 2 amide bonds. The van der Waals surface area contributed by atoms with Gasteiger partial charge in [0.2, 0.25) is 0 Å². The third kappa shape index (κ3) is 15.7. The molecule has 4 N–H and O–H groups in total. The van der Waals surface area contributed by atoms with Gasteiger partial charge in [-0.2, -0.15) is 0 Å². The Bertz CT molecular complexity index is 1540. The van der Waals surface area contributed by atoms with E-state index in [1.165, 1.54) is 11.3 Å². The quantitative estimate of drug-likeness (QED) is 0.148. The lowest BCUT2D eigenvalue weighted by molar-refractivity contribution is 0.0512. The summed E-state index contributed by atoms with van der Waals surface area (Å²) in [6.07, 6.45) is 5.79. The molecule has 0 saturated heterocycles. The first kappa shape index (κ1) is 39.5. The van der Waals surface area contributed by atoms with Crippen LogP contribution in [0.25, 0.3) is 10.4 Å². The van der Waals surface area contributed by atoms with Crippen LogP contribution in [0.15, 0.2) is 65.7 Å². The second-order valence-electron chi connectivity index (χ2n) is 11.3. The first-order valence-electron chi connectivity index (χ1n) is 13.8. The van der Waals surface area contributed by atoms with Crippen LogP contribution in [0.1, 0.15) is 51.3 Å². The fourth-order valence-corrected chi connectivity index (χ4v) is 5.52. The Labute approximate surface area is 295 Å². The molecule has 0 aliphatic carbocycles. The van der Waals surface area contributed by atoms with Crippen molar-refractivity contribution in [2.24, 2.45) is 0 Å². The van der Waals surface area contributed by atoms with Gasteiger partial charge < -0.3 is 30.2 Å². The number of nitrogens with one attached hydrogen (secondary N) is 2. The first-order chi connectivity index (χ1) is 21.4. The van der Waals surface area contributed by atoms with Crippen molar-refractivity contribution < 1.29 is 29.1 Å². The van der Waals surface area contributed by atoms with Crippen LogP contribution >= 0.6 is 61.8 Å². The summed E-state index contributed by atoms with van der Waals surface area (Å²) in [6.45, 7) is 11.6. The highest BCUT2D eigenvalue weighted by Gasteiger charge is 2.18. The molecule has 248 valence electrons. The maximum atomic E-state index is 11.6. The van der Waals surface area contributed by atoms with Gasteiger partial charge in [0.05, 0.1) is 27.6 Å². The highest BCUT2D eigenvalue weighted by Crippen LogP contribution is 2.32. The van der Waals surface area contributed by atoms with Crippen molar-refractivity contribution in [3.63, 3.8) is 0 Å². The summed E-state index contributed by atoms with van der Waals surface area (Å²) in [5.74, 6) is 0. The fourth-order valence-electron chi connectivity index (χ4n) is 3.11. The van der Waals surface area contributed by atoms with Crippen molar-refractivity contribution >= 4 is 85.9 Å². The molecular formula is C30H36BBrCl2N4O6S2. The molecular weight excluding hydrogens is 738 g/mol. The number of alkyl carbamates (subject to hydrolysis) is 2. The molecule has 0 atom stereocenters. The Morgan fingerprint density at radius 1 is 0.804 bits per heavy atom. The Kier molecular flexibility index (Phi) is 15.9. The summed E-state index contributed by atoms with van der Waals surface area (Å²) in [5.41, 5.74) is -0.118. The molecule has 46 heavy (non-hydrogen) atoms. The van der Waals surface area contributed by atoms with Crippen LogP contribution in [0.2, 0.25) is 10.0 Å². The topological polar surface area (TPSA) is 143 Å². The van der Waals surface area contributed by atoms with E-state index in [0.29, 0.717) is 27.9 Å². The molecule has 0 aliphatic rings. The smallest absolute Gasteiger partial charge is 0.444 e. The standard InChI is InChI=1S/C15H17ClN2O2S.C10H16BNO4S.C5H3BrClN/c1-15(2,3)20-14(19)18-8-10-4-5-13(21-10)11-9-17-7-6-12(11)16;1-10(2,3)16-9(13)12-6-7-4-5-8(17-7)11(14)15;6-4-3-8-2-1-5(4)7/h4-7,9H,8H2,1-3H3,(H,18,19);4-5,14-15H,6H2,1-3H3,(H,12,13);1-3H. The predicted molar refractivity (Wildman–Crippen MR) is 190 cm³/mol. The largest absolute Gasteiger partial charge is 0.499 e. The highest BCUT2D eigenvalue weighted by molar-refractivity contribution is 9.10. The van der Waals surface area contributed by atoms with Crippen molar-refractivity contribution in [2.45, 2.75) is 65.8 Å². The molecule has 16 heteroatoms. The molecule has 0 radical (unpaired) electrons. The van der Waals surface area contributed by atoms with Gasteiger partial charge in [0.25, 0.3) is 0 Å². The lowest BCUT2D eigenvalue weighted by Gasteiger charge is -2.19. The number of aromatic nitrogens is 2. The van der Waals surface area contributed by atoms with E-state index in [1.807, 2.05) is 32.9 Å². The number of ether oxygens (including phenoxy) is 2. The van der Waals surface area contributed by atoms with Crippen LogP contribution < -0.4 is 15.4 Å². The van der Waals surface area contributed by atoms with Gasteiger partial charge >= 0.3 is 19.3 Å². The number of carbonyl (C=O) groups is 2. The van der Waals surface area contributed by atoms with E-state index < -0.39 is 30.5 Å². The zero-order valence-corrected chi connectivity index (χ0v) is 30.9. The lowest BCUT2D eigenvalue weighted by atomic mass is 9.90. The van der Waals surface area contributed by atoms with E-state index in [-0.39, 0.29) is 0 Å². The first-order valence-corrected chi connectivity index (χ1v) is 16.9. The van der Waals surface area contributed by atoms with Crippen molar-refractivity contribution in [2.75, 3.05) is 0 Å². The van der Waals surface area contributed by atoms with Crippen molar-refractivity contribution in [1.29, 1.82) is 0 Å². The highest BCUT2D eigenvalue weighted by atomic mass is 79.9. The minimum atomic E-state index is -1.46. The third-order valence-electron chi connectivity index (χ3n) is 4.97. The summed E-state index contributed by atoms with van der Waals surface area (Å²) in [7, 11) is -1.46. The molecule has 4 aromatic heterocycles. The van der Waals surface area contributed by atoms with E-state index in [9.17, 15) is 9.59 Å². The van der Waals surface area contributed by atoms with E-state index in [1.54, 1.807) is 81.2 Å². The molecule has 0 unspecified atom stereocenters. The number of thiophene rings is 2. The number of nitrogens with zero attached hydrogens (tertiary/aromatic N) is 2. The maximum absolute atomic E-state index is 11.6. The zero-order valence-electron chi connectivity index (χ0n) is 26.1. The summed E-state index contributed by atoms with van der Waals surface area (Å²) in [4.78, 5) is 33.7. The summed E-state index contributed by atoms with van der Waals surface area (Å²) in [6, 6.07) is 10.8. The Morgan fingerprint density at radius 3 is 1.74 bits per heavy atom. The summed E-state index contributed by atoms with van der Waals surface area (Å²) < 4.78 is 11.5. The van der Waals surface area contributed by atoms with E-state index in [0.717, 1.165) is 24.7 Å². The molecule has 0 bridgehead atoms. The number of pyridine rings is 2. The molecule has 4 rings (SSSR count). The molecule has 0 spiro atoms. The van der Waals surface area contributed by atoms with Crippen LogP contribution in [0.3, 0.4) is 0 Å². The number of amides is 2. The molecule has 0 fully saturated rings. The Hall–Kier alpha value is -2.72. The number of hydrogen-bond donors (Lipinski definition) is 4. The minimum absolute atomic E-state index is 0.312. The Morgan fingerprint density at radius 2 is 1.30 bits per heavy atom. The molecule has 0 aliphatic heterocycles. The number of rotatable bonds is 6. The molecule has 10 nitrogen and oxygen atoms in total. The summed E-state index contributed by atoms with van der Waals surface area (Å²) in [5, 5.41) is 24.5. The molecule has 4 heterocycles. The van der Waals surface area contributed by atoms with Crippen LogP contribution in [0.4, 0.5) is 9.59 Å².